The summed E-state index contributed by atoms with van der Waals surface area (Å²) in [6, 6.07) is 4.02. The molecule has 1 aliphatic carbocycles. The predicted molar refractivity (Wildman–Crippen MR) is 101 cm³/mol. The molecule has 3 heterocycles. The van der Waals surface area contributed by atoms with Crippen LogP contribution >= 0.6 is 11.3 Å². The lowest BCUT2D eigenvalue weighted by atomic mass is 9.91. The molecule has 138 valence electrons. The van der Waals surface area contributed by atoms with E-state index in [2.05, 4.69) is 16.8 Å². The first-order chi connectivity index (χ1) is 11.9. The zero-order valence-electron chi connectivity index (χ0n) is 15.6. The molecule has 2 aliphatic heterocycles. The second kappa shape index (κ2) is 6.58. The topological polar surface area (TPSA) is 41.6 Å². The van der Waals surface area contributed by atoms with Gasteiger partial charge in [0.25, 0.3) is 0 Å². The van der Waals surface area contributed by atoms with E-state index in [9.17, 15) is 4.79 Å². The molecule has 25 heavy (non-hydrogen) atoms. The SMILES string of the molecule is CC(C)(C)OC(=O)N1C2CCC1CC(NC1CCCc3sccc31)C2. The lowest BCUT2D eigenvalue weighted by Crippen LogP contribution is -2.53. The predicted octanol–water partition coefficient (Wildman–Crippen LogP) is 4.65. The monoisotopic (exact) mass is 362 g/mol. The van der Waals surface area contributed by atoms with Gasteiger partial charge in [0.2, 0.25) is 0 Å². The maximum atomic E-state index is 12.6. The Hall–Kier alpha value is -1.07. The summed E-state index contributed by atoms with van der Waals surface area (Å²) < 4.78 is 5.65. The Morgan fingerprint density at radius 1 is 1.24 bits per heavy atom. The van der Waals surface area contributed by atoms with E-state index in [1.54, 1.807) is 4.88 Å². The minimum Gasteiger partial charge on any atom is -0.444 e. The molecule has 0 radical (unpaired) electrons. The highest BCUT2D eigenvalue weighted by molar-refractivity contribution is 7.10. The van der Waals surface area contributed by atoms with Crippen molar-refractivity contribution in [3.8, 4) is 0 Å². The summed E-state index contributed by atoms with van der Waals surface area (Å²) in [5, 5.41) is 6.17. The number of thiophene rings is 1. The highest BCUT2D eigenvalue weighted by Crippen LogP contribution is 2.39. The fraction of sp³-hybridized carbons (Fsp3) is 0.750. The number of hydrogen-bond donors (Lipinski definition) is 1. The van der Waals surface area contributed by atoms with Crippen LogP contribution in [0.1, 0.15) is 75.8 Å². The Labute approximate surface area is 154 Å². The highest BCUT2D eigenvalue weighted by atomic mass is 32.1. The van der Waals surface area contributed by atoms with Gasteiger partial charge in [-0.3, -0.25) is 0 Å². The van der Waals surface area contributed by atoms with Crippen LogP contribution in [-0.4, -0.2) is 34.7 Å². The van der Waals surface area contributed by atoms with Gasteiger partial charge in [-0.05, 0) is 82.7 Å². The summed E-state index contributed by atoms with van der Waals surface area (Å²) in [5.41, 5.74) is 1.11. The van der Waals surface area contributed by atoms with Gasteiger partial charge in [-0.15, -0.1) is 11.3 Å². The molecule has 0 spiro atoms. The summed E-state index contributed by atoms with van der Waals surface area (Å²) in [4.78, 5) is 16.2. The maximum absolute atomic E-state index is 12.6. The van der Waals surface area contributed by atoms with Crippen molar-refractivity contribution in [1.82, 2.24) is 10.2 Å². The number of carbonyl (C=O) groups is 1. The molecular formula is C20H30N2O2S. The largest absolute Gasteiger partial charge is 0.444 e. The summed E-state index contributed by atoms with van der Waals surface area (Å²) in [6.45, 7) is 5.84. The van der Waals surface area contributed by atoms with Crippen molar-refractivity contribution in [2.24, 2.45) is 0 Å². The Bertz CT molecular complexity index is 622. The standard InChI is InChI=1S/C20H30N2O2S/c1-20(2,3)24-19(23)22-14-7-8-15(22)12-13(11-14)21-17-5-4-6-18-16(17)9-10-25-18/h9-10,13-15,17,21H,4-8,11-12H2,1-3H3. The van der Waals surface area contributed by atoms with Crippen molar-refractivity contribution in [2.75, 3.05) is 0 Å². The molecular weight excluding hydrogens is 332 g/mol. The third-order valence-electron chi connectivity index (χ3n) is 5.83. The van der Waals surface area contributed by atoms with Crippen LogP contribution in [0.4, 0.5) is 4.79 Å². The number of nitrogens with zero attached hydrogens (tertiary/aromatic N) is 1. The number of nitrogens with one attached hydrogen (secondary N) is 1. The number of fused-ring (bicyclic) bond motifs is 3. The van der Waals surface area contributed by atoms with Crippen molar-refractivity contribution < 1.29 is 9.53 Å². The van der Waals surface area contributed by atoms with Gasteiger partial charge >= 0.3 is 6.09 Å². The third-order valence-corrected chi connectivity index (χ3v) is 6.82. The summed E-state index contributed by atoms with van der Waals surface area (Å²) >= 11 is 1.90. The van der Waals surface area contributed by atoms with Crippen LogP contribution in [0.3, 0.4) is 0 Å². The molecule has 1 amide bonds. The minimum absolute atomic E-state index is 0.115. The maximum Gasteiger partial charge on any atom is 0.410 e. The van der Waals surface area contributed by atoms with Gasteiger partial charge in [-0.2, -0.15) is 0 Å². The Kier molecular flexibility index (Phi) is 4.57. The number of hydrogen-bond acceptors (Lipinski definition) is 4. The molecule has 2 bridgehead atoms. The molecule has 1 aromatic rings. The third kappa shape index (κ3) is 3.59. The van der Waals surface area contributed by atoms with Crippen LogP contribution < -0.4 is 5.32 Å². The molecule has 3 aliphatic rings. The molecule has 3 unspecified atom stereocenters. The average molecular weight is 363 g/mol. The van der Waals surface area contributed by atoms with Gasteiger partial charge in [0.15, 0.2) is 0 Å². The molecule has 3 atom stereocenters. The van der Waals surface area contributed by atoms with Gasteiger partial charge < -0.3 is 15.0 Å². The van der Waals surface area contributed by atoms with E-state index >= 15 is 0 Å². The van der Waals surface area contributed by atoms with Crippen LogP contribution in [0.15, 0.2) is 11.4 Å². The molecule has 5 heteroatoms. The lowest BCUT2D eigenvalue weighted by Gasteiger charge is -2.41. The molecule has 0 saturated carbocycles. The van der Waals surface area contributed by atoms with Crippen molar-refractivity contribution >= 4 is 17.4 Å². The Balaban J connectivity index is 1.40. The quantitative estimate of drug-likeness (QED) is 0.833. The Morgan fingerprint density at radius 2 is 1.96 bits per heavy atom. The average Bonchev–Trinajstić information content (AvgIpc) is 3.09. The number of rotatable bonds is 2. The van der Waals surface area contributed by atoms with E-state index in [0.29, 0.717) is 24.2 Å². The van der Waals surface area contributed by atoms with Gasteiger partial charge in [0, 0.05) is 29.0 Å². The molecule has 0 aromatic carbocycles. The van der Waals surface area contributed by atoms with Crippen molar-refractivity contribution in [2.45, 2.75) is 95.5 Å². The molecule has 4 nitrogen and oxygen atoms in total. The minimum atomic E-state index is -0.414. The van der Waals surface area contributed by atoms with E-state index in [4.69, 9.17) is 4.74 Å². The first-order valence-electron chi connectivity index (χ1n) is 9.74. The fourth-order valence-corrected chi connectivity index (χ4v) is 5.86. The van der Waals surface area contributed by atoms with Gasteiger partial charge in [-0.25, -0.2) is 4.79 Å². The number of piperidine rings is 1. The first-order valence-corrected chi connectivity index (χ1v) is 10.6. The van der Waals surface area contributed by atoms with E-state index in [1.165, 1.54) is 24.8 Å². The van der Waals surface area contributed by atoms with Crippen LogP contribution in [-0.2, 0) is 11.2 Å². The van der Waals surface area contributed by atoms with Crippen LogP contribution in [0.25, 0.3) is 0 Å². The van der Waals surface area contributed by atoms with E-state index in [1.807, 2.05) is 37.0 Å². The number of aryl methyl sites for hydroxylation is 1. The van der Waals surface area contributed by atoms with E-state index in [-0.39, 0.29) is 6.09 Å². The van der Waals surface area contributed by atoms with E-state index < -0.39 is 5.60 Å². The van der Waals surface area contributed by atoms with Crippen molar-refractivity contribution in [3.05, 3.63) is 21.9 Å². The summed E-state index contributed by atoms with van der Waals surface area (Å²) in [6.07, 6.45) is 8.02. The fourth-order valence-electron chi connectivity index (χ4n) is 4.87. The van der Waals surface area contributed by atoms with Crippen molar-refractivity contribution in [3.63, 3.8) is 0 Å². The Morgan fingerprint density at radius 3 is 2.64 bits per heavy atom. The second-order valence-corrected chi connectivity index (χ2v) is 9.85. The van der Waals surface area contributed by atoms with Crippen molar-refractivity contribution in [1.29, 1.82) is 0 Å². The number of ether oxygens (including phenoxy) is 1. The molecule has 2 saturated heterocycles. The molecule has 1 aromatic heterocycles. The van der Waals surface area contributed by atoms with Gasteiger partial charge in [-0.1, -0.05) is 0 Å². The summed E-state index contributed by atoms with van der Waals surface area (Å²) in [5.74, 6) is 0. The lowest BCUT2D eigenvalue weighted by molar-refractivity contribution is 0.00417. The van der Waals surface area contributed by atoms with Crippen LogP contribution in [0.5, 0.6) is 0 Å². The first kappa shape index (κ1) is 17.3. The number of carbonyl (C=O) groups excluding carboxylic acids is 1. The van der Waals surface area contributed by atoms with E-state index in [0.717, 1.165) is 25.7 Å². The zero-order valence-corrected chi connectivity index (χ0v) is 16.4. The second-order valence-electron chi connectivity index (χ2n) is 8.85. The molecule has 2 fully saturated rings. The normalized spacial score (nSPS) is 31.7. The van der Waals surface area contributed by atoms with Crippen LogP contribution in [0.2, 0.25) is 0 Å². The van der Waals surface area contributed by atoms with Crippen LogP contribution in [0, 0.1) is 0 Å². The highest BCUT2D eigenvalue weighted by Gasteiger charge is 2.45. The zero-order chi connectivity index (χ0) is 17.6. The van der Waals surface area contributed by atoms with Gasteiger partial charge in [0.05, 0.1) is 0 Å². The van der Waals surface area contributed by atoms with Gasteiger partial charge in [0.1, 0.15) is 5.60 Å². The molecule has 1 N–H and O–H groups in total. The number of amides is 1. The smallest absolute Gasteiger partial charge is 0.410 e. The summed E-state index contributed by atoms with van der Waals surface area (Å²) in [7, 11) is 0. The molecule has 4 rings (SSSR count).